The fourth-order valence-electron chi connectivity index (χ4n) is 0. The van der Waals surface area contributed by atoms with Crippen LogP contribution >= 0.6 is 0 Å². The molecule has 0 fully saturated rings. The minimum Gasteiger partial charge on any atom is -0.550 e. The number of hydrogen-bond acceptors (Lipinski definition) is 8. The van der Waals surface area contributed by atoms with Crippen LogP contribution in [0.5, 0.6) is 0 Å². The van der Waals surface area contributed by atoms with Gasteiger partial charge in [-0.25, -0.2) is 0 Å². The first-order valence-electron chi connectivity index (χ1n) is 3.63. The summed E-state index contributed by atoms with van der Waals surface area (Å²) >= 11 is 0. The number of carboxylic acids is 4. The van der Waals surface area contributed by atoms with Crippen molar-refractivity contribution in [1.29, 1.82) is 0 Å². The Hall–Kier alpha value is -1.43. The van der Waals surface area contributed by atoms with Gasteiger partial charge in [0.2, 0.25) is 0 Å². The second-order valence-corrected chi connectivity index (χ2v) is 1.97. The van der Waals surface area contributed by atoms with Gasteiger partial charge in [0.1, 0.15) is 0 Å². The molecule has 98 valence electrons. The van der Waals surface area contributed by atoms with Gasteiger partial charge in [0, 0.05) is 23.9 Å². The Balaban J connectivity index is -0.0000000369. The minimum atomic E-state index is -1.08. The van der Waals surface area contributed by atoms with Crippen LogP contribution in [0.4, 0.5) is 0 Å². The van der Waals surface area contributed by atoms with Crippen LogP contribution in [0.1, 0.15) is 27.7 Å². The predicted molar refractivity (Wildman–Crippen MR) is 42.7 cm³/mol. The summed E-state index contributed by atoms with van der Waals surface area (Å²) in [6, 6.07) is 0. The SMILES string of the molecule is CC(=O)[O-].CC(=O)[O-].CC(=O)[O-].CC(=O)[O-].[W+4]. The van der Waals surface area contributed by atoms with E-state index < -0.39 is 23.9 Å². The van der Waals surface area contributed by atoms with E-state index in [0.29, 0.717) is 0 Å². The van der Waals surface area contributed by atoms with Crippen molar-refractivity contribution < 1.29 is 60.7 Å². The average molecular weight is 420 g/mol. The van der Waals surface area contributed by atoms with Crippen molar-refractivity contribution in [2.45, 2.75) is 27.7 Å². The summed E-state index contributed by atoms with van der Waals surface area (Å²) < 4.78 is 0. The van der Waals surface area contributed by atoms with Crippen molar-refractivity contribution in [2.24, 2.45) is 0 Å². The fourth-order valence-corrected chi connectivity index (χ4v) is 0. The van der Waals surface area contributed by atoms with Crippen LogP contribution in [0, 0.1) is 0 Å². The molecule has 0 amide bonds. The molecule has 0 N–H and O–H groups in total. The molecule has 17 heavy (non-hydrogen) atoms. The monoisotopic (exact) mass is 420 g/mol. The molecule has 0 rings (SSSR count). The molecule has 8 nitrogen and oxygen atoms in total. The second kappa shape index (κ2) is 24.0. The molecular weight excluding hydrogens is 408 g/mol. The molecule has 0 unspecified atom stereocenters. The standard InChI is InChI=1S/4C2H4O2.W/c4*1-2(3)4;/h4*1H3,(H,3,4);/q;;;;+4/p-4. The molecule has 0 aromatic heterocycles. The first-order valence-corrected chi connectivity index (χ1v) is 3.63. The van der Waals surface area contributed by atoms with Gasteiger partial charge in [-0.2, -0.15) is 0 Å². The van der Waals surface area contributed by atoms with E-state index in [1.807, 2.05) is 0 Å². The van der Waals surface area contributed by atoms with E-state index in [-0.39, 0.29) is 21.1 Å². The zero-order valence-electron chi connectivity index (χ0n) is 9.67. The van der Waals surface area contributed by atoms with Crippen molar-refractivity contribution in [3.8, 4) is 0 Å². The third-order valence-electron chi connectivity index (χ3n) is 0. The Morgan fingerprint density at radius 1 is 0.529 bits per heavy atom. The molecule has 0 aliphatic rings. The Labute approximate surface area is 113 Å². The van der Waals surface area contributed by atoms with Gasteiger partial charge in [-0.15, -0.1) is 0 Å². The molecule has 0 saturated heterocycles. The van der Waals surface area contributed by atoms with Gasteiger partial charge in [0.05, 0.1) is 0 Å². The number of carbonyl (C=O) groups is 4. The zero-order valence-corrected chi connectivity index (χ0v) is 12.6. The predicted octanol–water partition coefficient (Wildman–Crippen LogP) is -4.98. The number of aliphatic carboxylic acids is 4. The van der Waals surface area contributed by atoms with E-state index in [1.54, 1.807) is 0 Å². The molecular formula is C8H12O8W. The summed E-state index contributed by atoms with van der Waals surface area (Å²) in [5.74, 6) is -4.33. The van der Waals surface area contributed by atoms with Gasteiger partial charge in [-0.05, 0) is 27.7 Å². The van der Waals surface area contributed by atoms with Gasteiger partial charge in [0.25, 0.3) is 0 Å². The normalized spacial score (nSPS) is 5.88. The maximum absolute atomic E-state index is 8.89. The van der Waals surface area contributed by atoms with Crippen LogP contribution in [0.3, 0.4) is 0 Å². The first-order chi connectivity index (χ1) is 6.93. The van der Waals surface area contributed by atoms with Crippen LogP contribution < -0.4 is 20.4 Å². The van der Waals surface area contributed by atoms with Crippen molar-refractivity contribution in [3.05, 3.63) is 0 Å². The van der Waals surface area contributed by atoms with E-state index in [2.05, 4.69) is 0 Å². The number of carbonyl (C=O) groups excluding carboxylic acids is 4. The Morgan fingerprint density at radius 2 is 0.529 bits per heavy atom. The van der Waals surface area contributed by atoms with Crippen molar-refractivity contribution in [3.63, 3.8) is 0 Å². The van der Waals surface area contributed by atoms with Crippen LogP contribution in [0.15, 0.2) is 0 Å². The van der Waals surface area contributed by atoms with Crippen molar-refractivity contribution in [1.82, 2.24) is 0 Å². The summed E-state index contributed by atoms with van der Waals surface area (Å²) in [5.41, 5.74) is 0. The summed E-state index contributed by atoms with van der Waals surface area (Å²) in [7, 11) is 0. The third-order valence-corrected chi connectivity index (χ3v) is 0. The number of carboxylic acid groups (broad SMARTS) is 4. The topological polar surface area (TPSA) is 161 Å². The summed E-state index contributed by atoms with van der Waals surface area (Å²) in [6.07, 6.45) is 0. The summed E-state index contributed by atoms with van der Waals surface area (Å²) in [5, 5.41) is 35.6. The number of hydrogen-bond donors (Lipinski definition) is 0. The minimum absolute atomic E-state index is 0. The smallest absolute Gasteiger partial charge is 0.550 e. The van der Waals surface area contributed by atoms with Gasteiger partial charge in [-0.1, -0.05) is 0 Å². The summed E-state index contributed by atoms with van der Waals surface area (Å²) in [6.45, 7) is 3.89. The quantitative estimate of drug-likeness (QED) is 0.377. The Kier molecular flexibility index (Phi) is 41.8. The van der Waals surface area contributed by atoms with Gasteiger partial charge in [-0.3, -0.25) is 0 Å². The third kappa shape index (κ3) is 1120. The van der Waals surface area contributed by atoms with Crippen molar-refractivity contribution >= 4 is 23.9 Å². The van der Waals surface area contributed by atoms with Crippen LogP contribution in [0.2, 0.25) is 0 Å². The molecule has 0 aliphatic carbocycles. The van der Waals surface area contributed by atoms with Gasteiger partial charge < -0.3 is 39.6 Å². The second-order valence-electron chi connectivity index (χ2n) is 1.97. The Morgan fingerprint density at radius 3 is 0.529 bits per heavy atom. The molecule has 9 heteroatoms. The van der Waals surface area contributed by atoms with Crippen LogP contribution in [-0.2, 0) is 40.2 Å². The molecule has 0 spiro atoms. The van der Waals surface area contributed by atoms with Gasteiger partial charge in [0.15, 0.2) is 0 Å². The molecule has 0 aromatic rings. The molecule has 0 heterocycles. The van der Waals surface area contributed by atoms with E-state index in [0.717, 1.165) is 27.7 Å². The summed E-state index contributed by atoms with van der Waals surface area (Å²) in [4.78, 5) is 35.6. The molecule has 0 saturated carbocycles. The molecule has 0 bridgehead atoms. The van der Waals surface area contributed by atoms with E-state index >= 15 is 0 Å². The van der Waals surface area contributed by atoms with Crippen LogP contribution in [0.25, 0.3) is 0 Å². The molecule has 0 aromatic carbocycles. The molecule has 0 atom stereocenters. The maximum atomic E-state index is 8.89. The van der Waals surface area contributed by atoms with Gasteiger partial charge >= 0.3 is 21.1 Å². The zero-order chi connectivity index (χ0) is 14.3. The average Bonchev–Trinajstić information content (AvgIpc) is 1.76. The van der Waals surface area contributed by atoms with Crippen LogP contribution in [-0.4, -0.2) is 23.9 Å². The van der Waals surface area contributed by atoms with E-state index in [1.165, 1.54) is 0 Å². The first kappa shape index (κ1) is 29.6. The van der Waals surface area contributed by atoms with E-state index in [4.69, 9.17) is 39.6 Å². The largest absolute Gasteiger partial charge is 4.00 e. The maximum Gasteiger partial charge on any atom is 4.00 e. The molecule has 0 aliphatic heterocycles. The fraction of sp³-hybridized carbons (Fsp3) is 0.500. The van der Waals surface area contributed by atoms with Crippen molar-refractivity contribution in [2.75, 3.05) is 0 Å². The van der Waals surface area contributed by atoms with E-state index in [9.17, 15) is 0 Å². The number of rotatable bonds is 0. The molecule has 0 radical (unpaired) electrons. The Bertz CT molecular complexity index is 162.